The van der Waals surface area contributed by atoms with Crippen molar-refractivity contribution in [3.63, 3.8) is 0 Å². The minimum atomic E-state index is -0.399. The van der Waals surface area contributed by atoms with Crippen LogP contribution in [0.5, 0.6) is 0 Å². The molecule has 16 heavy (non-hydrogen) atoms. The predicted octanol–water partition coefficient (Wildman–Crippen LogP) is 3.00. The monoisotopic (exact) mass is 283 g/mol. The van der Waals surface area contributed by atoms with E-state index in [0.717, 1.165) is 22.9 Å². The smallest absolute Gasteiger partial charge is 0.0760 e. The molecule has 1 saturated carbocycles. The van der Waals surface area contributed by atoms with Crippen LogP contribution >= 0.6 is 15.9 Å². The predicted molar refractivity (Wildman–Crippen MR) is 69.0 cm³/mol. The van der Waals surface area contributed by atoms with Crippen molar-refractivity contribution in [3.05, 3.63) is 34.3 Å². The molecule has 2 atom stereocenters. The molecule has 0 aromatic heterocycles. The first-order valence-corrected chi connectivity index (χ1v) is 6.67. The SMILES string of the molecule is N[C@H](c1ccc(Br)cc1)[C@@H](O)C1CCCC1. The zero-order valence-electron chi connectivity index (χ0n) is 9.27. The van der Waals surface area contributed by atoms with Gasteiger partial charge in [0.2, 0.25) is 0 Å². The maximum Gasteiger partial charge on any atom is 0.0760 e. The van der Waals surface area contributed by atoms with Crippen LogP contribution in [0.15, 0.2) is 28.7 Å². The fourth-order valence-corrected chi connectivity index (χ4v) is 2.74. The average molecular weight is 284 g/mol. The van der Waals surface area contributed by atoms with E-state index < -0.39 is 6.10 Å². The number of benzene rings is 1. The second-order valence-electron chi connectivity index (χ2n) is 4.61. The molecule has 0 heterocycles. The van der Waals surface area contributed by atoms with Crippen molar-refractivity contribution >= 4 is 15.9 Å². The first kappa shape index (κ1) is 12.1. The van der Waals surface area contributed by atoms with Gasteiger partial charge in [0, 0.05) is 4.47 Å². The minimum absolute atomic E-state index is 0.254. The molecule has 0 radical (unpaired) electrons. The Bertz CT molecular complexity index is 332. The molecule has 0 saturated heterocycles. The highest BCUT2D eigenvalue weighted by molar-refractivity contribution is 9.10. The molecule has 0 spiro atoms. The zero-order valence-corrected chi connectivity index (χ0v) is 10.9. The standard InChI is InChI=1S/C13H18BrNO/c14-11-7-5-9(6-8-11)12(15)13(16)10-3-1-2-4-10/h5-8,10,12-13,16H,1-4,15H2/t12-,13+/m1/s1. The molecule has 0 aliphatic heterocycles. The number of hydrogen-bond donors (Lipinski definition) is 2. The van der Waals surface area contributed by atoms with Gasteiger partial charge in [0.05, 0.1) is 12.1 Å². The minimum Gasteiger partial charge on any atom is -0.391 e. The molecule has 88 valence electrons. The zero-order chi connectivity index (χ0) is 11.5. The van der Waals surface area contributed by atoms with Crippen molar-refractivity contribution in [1.29, 1.82) is 0 Å². The van der Waals surface area contributed by atoms with E-state index in [2.05, 4.69) is 15.9 Å². The summed E-state index contributed by atoms with van der Waals surface area (Å²) >= 11 is 3.39. The maximum absolute atomic E-state index is 10.2. The van der Waals surface area contributed by atoms with Crippen molar-refractivity contribution < 1.29 is 5.11 Å². The molecule has 1 aromatic rings. The molecule has 3 N–H and O–H groups in total. The fourth-order valence-electron chi connectivity index (χ4n) is 2.47. The third-order valence-corrected chi connectivity index (χ3v) is 4.03. The second-order valence-corrected chi connectivity index (χ2v) is 5.53. The van der Waals surface area contributed by atoms with Gasteiger partial charge in [-0.2, -0.15) is 0 Å². The van der Waals surface area contributed by atoms with Crippen LogP contribution in [0.2, 0.25) is 0 Å². The Hall–Kier alpha value is -0.380. The van der Waals surface area contributed by atoms with Crippen LogP contribution in [0.3, 0.4) is 0 Å². The molecular weight excluding hydrogens is 266 g/mol. The normalized spacial score (nSPS) is 20.9. The van der Waals surface area contributed by atoms with Crippen molar-refractivity contribution in [2.24, 2.45) is 11.7 Å². The third-order valence-electron chi connectivity index (χ3n) is 3.51. The summed E-state index contributed by atoms with van der Waals surface area (Å²) in [6.45, 7) is 0. The van der Waals surface area contributed by atoms with Crippen LogP contribution in [-0.4, -0.2) is 11.2 Å². The lowest BCUT2D eigenvalue weighted by molar-refractivity contribution is 0.0845. The van der Waals surface area contributed by atoms with Gasteiger partial charge in [-0.05, 0) is 36.5 Å². The quantitative estimate of drug-likeness (QED) is 0.896. The van der Waals surface area contributed by atoms with E-state index in [4.69, 9.17) is 5.73 Å². The summed E-state index contributed by atoms with van der Waals surface area (Å²) < 4.78 is 1.04. The van der Waals surface area contributed by atoms with Crippen LogP contribution in [0.1, 0.15) is 37.3 Å². The van der Waals surface area contributed by atoms with E-state index in [9.17, 15) is 5.11 Å². The summed E-state index contributed by atoms with van der Waals surface area (Å²) in [5, 5.41) is 10.2. The van der Waals surface area contributed by atoms with Gasteiger partial charge < -0.3 is 10.8 Å². The first-order chi connectivity index (χ1) is 7.68. The highest BCUT2D eigenvalue weighted by Crippen LogP contribution is 2.32. The molecule has 0 bridgehead atoms. The summed E-state index contributed by atoms with van der Waals surface area (Å²) in [6.07, 6.45) is 4.30. The van der Waals surface area contributed by atoms with E-state index in [0.29, 0.717) is 5.92 Å². The van der Waals surface area contributed by atoms with E-state index in [1.807, 2.05) is 24.3 Å². The highest BCUT2D eigenvalue weighted by atomic mass is 79.9. The summed E-state index contributed by atoms with van der Waals surface area (Å²) in [7, 11) is 0. The van der Waals surface area contributed by atoms with Crippen LogP contribution in [0.25, 0.3) is 0 Å². The molecule has 1 aliphatic rings. The van der Waals surface area contributed by atoms with Crippen molar-refractivity contribution in [2.45, 2.75) is 37.8 Å². The lowest BCUT2D eigenvalue weighted by atomic mass is 9.91. The van der Waals surface area contributed by atoms with Gasteiger partial charge in [-0.15, -0.1) is 0 Å². The Morgan fingerprint density at radius 3 is 2.31 bits per heavy atom. The molecule has 1 fully saturated rings. The number of aliphatic hydroxyl groups excluding tert-OH is 1. The van der Waals surface area contributed by atoms with Crippen molar-refractivity contribution in [3.8, 4) is 0 Å². The molecule has 0 amide bonds. The van der Waals surface area contributed by atoms with Gasteiger partial charge in [0.25, 0.3) is 0 Å². The molecule has 1 aromatic carbocycles. The van der Waals surface area contributed by atoms with Crippen LogP contribution in [0.4, 0.5) is 0 Å². The summed E-state index contributed by atoms with van der Waals surface area (Å²) in [6, 6.07) is 7.64. The van der Waals surface area contributed by atoms with Gasteiger partial charge in [-0.1, -0.05) is 40.9 Å². The second kappa shape index (κ2) is 5.30. The first-order valence-electron chi connectivity index (χ1n) is 5.87. The van der Waals surface area contributed by atoms with E-state index in [1.165, 1.54) is 12.8 Å². The van der Waals surface area contributed by atoms with Crippen LogP contribution in [-0.2, 0) is 0 Å². The Morgan fingerprint density at radius 2 is 1.75 bits per heavy atom. The summed E-state index contributed by atoms with van der Waals surface area (Å²) in [4.78, 5) is 0. The largest absolute Gasteiger partial charge is 0.391 e. The van der Waals surface area contributed by atoms with Crippen molar-refractivity contribution in [1.82, 2.24) is 0 Å². The molecule has 2 rings (SSSR count). The maximum atomic E-state index is 10.2. The highest BCUT2D eigenvalue weighted by Gasteiger charge is 2.28. The molecule has 3 heteroatoms. The Labute approximate surface area is 105 Å². The number of halogens is 1. The summed E-state index contributed by atoms with van der Waals surface area (Å²) in [5.74, 6) is 0.388. The lowest BCUT2D eigenvalue weighted by Crippen LogP contribution is -2.31. The van der Waals surface area contributed by atoms with Gasteiger partial charge in [0.15, 0.2) is 0 Å². The third kappa shape index (κ3) is 2.65. The van der Waals surface area contributed by atoms with Crippen molar-refractivity contribution in [2.75, 3.05) is 0 Å². The Kier molecular flexibility index (Phi) is 4.00. The molecule has 1 aliphatic carbocycles. The Morgan fingerprint density at radius 1 is 1.19 bits per heavy atom. The van der Waals surface area contributed by atoms with Crippen LogP contribution in [0, 0.1) is 5.92 Å². The number of hydrogen-bond acceptors (Lipinski definition) is 2. The van der Waals surface area contributed by atoms with Gasteiger partial charge in [-0.3, -0.25) is 0 Å². The van der Waals surface area contributed by atoms with E-state index in [1.54, 1.807) is 0 Å². The molecule has 2 nitrogen and oxygen atoms in total. The lowest BCUT2D eigenvalue weighted by Gasteiger charge is -2.24. The fraction of sp³-hybridized carbons (Fsp3) is 0.538. The summed E-state index contributed by atoms with van der Waals surface area (Å²) in [5.41, 5.74) is 7.12. The number of aliphatic hydroxyl groups is 1. The van der Waals surface area contributed by atoms with Gasteiger partial charge >= 0.3 is 0 Å². The molecule has 0 unspecified atom stereocenters. The Balaban J connectivity index is 2.05. The van der Waals surface area contributed by atoms with E-state index >= 15 is 0 Å². The molecular formula is C13H18BrNO. The topological polar surface area (TPSA) is 46.2 Å². The number of rotatable bonds is 3. The average Bonchev–Trinajstić information content (AvgIpc) is 2.81. The van der Waals surface area contributed by atoms with Gasteiger partial charge in [0.1, 0.15) is 0 Å². The number of nitrogens with two attached hydrogens (primary N) is 1. The van der Waals surface area contributed by atoms with E-state index in [-0.39, 0.29) is 6.04 Å². The van der Waals surface area contributed by atoms with Gasteiger partial charge in [-0.25, -0.2) is 0 Å². The van der Waals surface area contributed by atoms with Crippen LogP contribution < -0.4 is 5.73 Å².